The lowest BCUT2D eigenvalue weighted by molar-refractivity contribution is -0.137. The van der Waals surface area contributed by atoms with Gasteiger partial charge in [0.2, 0.25) is 0 Å². The van der Waals surface area contributed by atoms with Gasteiger partial charge in [-0.25, -0.2) is 14.8 Å². The number of carboxylic acid groups (broad SMARTS) is 1. The van der Waals surface area contributed by atoms with Gasteiger partial charge in [-0.2, -0.15) is 13.2 Å². The standard InChI is InChI=1S/C21H19ClF3N3O3S/c1-10(2)6-16-17(11-4-5-15(31-3)14(22)7-11)27-20(32-16)28-18-13(19(29)30)8-12(9-26-18)21(23,24)25/h4-5,7-10H,6H2,1-3H3,(H,29,30)(H,26,27,28). The summed E-state index contributed by atoms with van der Waals surface area (Å²) in [5.74, 6) is -0.953. The molecule has 0 saturated carbocycles. The molecule has 0 spiro atoms. The predicted octanol–water partition coefficient (Wildman–Crippen LogP) is 6.53. The van der Waals surface area contributed by atoms with Gasteiger partial charge < -0.3 is 15.2 Å². The maximum atomic E-state index is 13.0. The number of rotatable bonds is 7. The van der Waals surface area contributed by atoms with E-state index in [0.29, 0.717) is 46.2 Å². The number of nitrogens with zero attached hydrogens (tertiary/aromatic N) is 2. The highest BCUT2D eigenvalue weighted by atomic mass is 35.5. The highest BCUT2D eigenvalue weighted by Gasteiger charge is 2.32. The molecule has 3 rings (SSSR count). The Balaban J connectivity index is 2.03. The van der Waals surface area contributed by atoms with Crippen LogP contribution in [0.15, 0.2) is 30.5 Å². The predicted molar refractivity (Wildman–Crippen MR) is 117 cm³/mol. The Morgan fingerprint density at radius 1 is 1.31 bits per heavy atom. The van der Waals surface area contributed by atoms with Gasteiger partial charge in [0.1, 0.15) is 17.1 Å². The van der Waals surface area contributed by atoms with Crippen molar-refractivity contribution in [2.45, 2.75) is 26.4 Å². The summed E-state index contributed by atoms with van der Waals surface area (Å²) in [4.78, 5) is 20.7. The Labute approximate surface area is 191 Å². The van der Waals surface area contributed by atoms with Gasteiger partial charge in [-0.15, -0.1) is 11.3 Å². The van der Waals surface area contributed by atoms with E-state index < -0.39 is 23.3 Å². The number of thiazole rings is 1. The molecular formula is C21H19ClF3N3O3S. The molecule has 0 aliphatic rings. The van der Waals surface area contributed by atoms with Crippen LogP contribution in [0.2, 0.25) is 5.02 Å². The Kier molecular flexibility index (Phi) is 6.94. The van der Waals surface area contributed by atoms with E-state index in [1.54, 1.807) is 18.2 Å². The van der Waals surface area contributed by atoms with Crippen molar-refractivity contribution in [2.75, 3.05) is 12.4 Å². The highest BCUT2D eigenvalue weighted by molar-refractivity contribution is 7.16. The van der Waals surface area contributed by atoms with Crippen LogP contribution in [0.5, 0.6) is 5.75 Å². The van der Waals surface area contributed by atoms with Gasteiger partial charge in [0.05, 0.1) is 23.4 Å². The molecule has 32 heavy (non-hydrogen) atoms. The van der Waals surface area contributed by atoms with Crippen LogP contribution in [-0.4, -0.2) is 28.2 Å². The first-order valence-corrected chi connectivity index (χ1v) is 10.6. The van der Waals surface area contributed by atoms with Crippen molar-refractivity contribution in [3.05, 3.63) is 51.5 Å². The van der Waals surface area contributed by atoms with E-state index in [1.807, 2.05) is 13.8 Å². The Morgan fingerprint density at radius 3 is 2.59 bits per heavy atom. The molecule has 0 bridgehead atoms. The van der Waals surface area contributed by atoms with Crippen molar-refractivity contribution >= 4 is 39.9 Å². The minimum Gasteiger partial charge on any atom is -0.495 e. The van der Waals surface area contributed by atoms with Crippen LogP contribution in [0.1, 0.15) is 34.6 Å². The number of aromatic nitrogens is 2. The summed E-state index contributed by atoms with van der Waals surface area (Å²) < 4.78 is 44.1. The molecule has 170 valence electrons. The van der Waals surface area contributed by atoms with E-state index in [1.165, 1.54) is 18.4 Å². The van der Waals surface area contributed by atoms with Crippen molar-refractivity contribution in [1.29, 1.82) is 0 Å². The number of alkyl halides is 3. The molecule has 0 saturated heterocycles. The second kappa shape index (κ2) is 9.33. The molecule has 2 N–H and O–H groups in total. The highest BCUT2D eigenvalue weighted by Crippen LogP contribution is 2.38. The molecule has 0 unspecified atom stereocenters. The number of methoxy groups -OCH3 is 1. The molecule has 2 aromatic heterocycles. The summed E-state index contributed by atoms with van der Waals surface area (Å²) in [6, 6.07) is 5.77. The number of aromatic carboxylic acids is 1. The number of carbonyl (C=O) groups is 1. The first kappa shape index (κ1) is 23.8. The summed E-state index contributed by atoms with van der Waals surface area (Å²) >= 11 is 7.52. The van der Waals surface area contributed by atoms with Gasteiger partial charge in [-0.3, -0.25) is 0 Å². The summed E-state index contributed by atoms with van der Waals surface area (Å²) in [7, 11) is 1.51. The molecule has 0 aliphatic carbocycles. The number of nitrogens with one attached hydrogen (secondary N) is 1. The minimum atomic E-state index is -4.71. The van der Waals surface area contributed by atoms with Gasteiger partial charge in [-0.05, 0) is 36.6 Å². The Morgan fingerprint density at radius 2 is 2.03 bits per heavy atom. The Bertz CT molecular complexity index is 1150. The normalized spacial score (nSPS) is 11.6. The Hall–Kier alpha value is -2.85. The second-order valence-electron chi connectivity index (χ2n) is 7.29. The largest absolute Gasteiger partial charge is 0.495 e. The second-order valence-corrected chi connectivity index (χ2v) is 8.78. The molecule has 3 aromatic rings. The topological polar surface area (TPSA) is 84.3 Å². The molecule has 0 aliphatic heterocycles. The van der Waals surface area contributed by atoms with Gasteiger partial charge in [0.25, 0.3) is 0 Å². The number of ether oxygens (including phenoxy) is 1. The van der Waals surface area contributed by atoms with E-state index in [-0.39, 0.29) is 5.82 Å². The van der Waals surface area contributed by atoms with Crippen molar-refractivity contribution in [3.63, 3.8) is 0 Å². The third kappa shape index (κ3) is 5.31. The van der Waals surface area contributed by atoms with Crippen LogP contribution in [-0.2, 0) is 12.6 Å². The lowest BCUT2D eigenvalue weighted by Gasteiger charge is -2.10. The molecule has 0 atom stereocenters. The van der Waals surface area contributed by atoms with Crippen LogP contribution in [0.3, 0.4) is 0 Å². The van der Waals surface area contributed by atoms with Crippen LogP contribution in [0, 0.1) is 5.92 Å². The van der Waals surface area contributed by atoms with Crippen molar-refractivity contribution in [3.8, 4) is 17.0 Å². The van der Waals surface area contributed by atoms with E-state index >= 15 is 0 Å². The van der Waals surface area contributed by atoms with Gasteiger partial charge in [0, 0.05) is 16.6 Å². The molecule has 11 heteroatoms. The smallest absolute Gasteiger partial charge is 0.417 e. The summed E-state index contributed by atoms with van der Waals surface area (Å²) in [6.45, 7) is 4.08. The number of halogens is 4. The zero-order valence-corrected chi connectivity index (χ0v) is 18.8. The fourth-order valence-corrected chi connectivity index (χ4v) is 4.39. The number of hydrogen-bond donors (Lipinski definition) is 2. The van der Waals surface area contributed by atoms with Gasteiger partial charge in [-0.1, -0.05) is 25.4 Å². The lowest BCUT2D eigenvalue weighted by atomic mass is 10.0. The van der Waals surface area contributed by atoms with Crippen molar-refractivity contribution in [1.82, 2.24) is 9.97 Å². The fraction of sp³-hybridized carbons (Fsp3) is 0.286. The van der Waals surface area contributed by atoms with E-state index in [0.717, 1.165) is 10.4 Å². The molecule has 6 nitrogen and oxygen atoms in total. The molecule has 1 aromatic carbocycles. The maximum absolute atomic E-state index is 13.0. The average molecular weight is 486 g/mol. The number of benzene rings is 1. The number of pyridine rings is 1. The van der Waals surface area contributed by atoms with Crippen LogP contribution in [0.4, 0.5) is 24.1 Å². The summed E-state index contributed by atoms with van der Waals surface area (Å²) in [5, 5.41) is 12.8. The summed E-state index contributed by atoms with van der Waals surface area (Å²) in [6.07, 6.45) is -3.44. The van der Waals surface area contributed by atoms with Crippen molar-refractivity contribution in [2.24, 2.45) is 5.92 Å². The number of anilines is 2. The van der Waals surface area contributed by atoms with E-state index in [2.05, 4.69) is 15.3 Å². The molecule has 0 fully saturated rings. The third-order valence-corrected chi connectivity index (χ3v) is 5.68. The number of carboxylic acids is 1. The molecule has 0 amide bonds. The van der Waals surface area contributed by atoms with Crippen LogP contribution in [0.25, 0.3) is 11.3 Å². The zero-order chi connectivity index (χ0) is 23.6. The van der Waals surface area contributed by atoms with Gasteiger partial charge >= 0.3 is 12.1 Å². The minimum absolute atomic E-state index is 0.227. The maximum Gasteiger partial charge on any atom is 0.417 e. The fourth-order valence-electron chi connectivity index (χ4n) is 2.94. The average Bonchev–Trinajstić information content (AvgIpc) is 3.08. The molecule has 2 heterocycles. The van der Waals surface area contributed by atoms with E-state index in [9.17, 15) is 23.1 Å². The monoisotopic (exact) mass is 485 g/mol. The zero-order valence-electron chi connectivity index (χ0n) is 17.2. The van der Waals surface area contributed by atoms with Crippen LogP contribution >= 0.6 is 22.9 Å². The van der Waals surface area contributed by atoms with Crippen molar-refractivity contribution < 1.29 is 27.8 Å². The molecule has 0 radical (unpaired) electrons. The first-order valence-electron chi connectivity index (χ1n) is 9.40. The quantitative estimate of drug-likeness (QED) is 0.396. The third-order valence-electron chi connectivity index (χ3n) is 4.39. The SMILES string of the molecule is COc1ccc(-c2nc(Nc3ncc(C(F)(F)F)cc3C(=O)O)sc2CC(C)C)cc1Cl. The summed E-state index contributed by atoms with van der Waals surface area (Å²) in [5.41, 5.74) is -0.378. The lowest BCUT2D eigenvalue weighted by Crippen LogP contribution is -2.11. The molecular weight excluding hydrogens is 467 g/mol. The first-order chi connectivity index (χ1) is 15.0. The van der Waals surface area contributed by atoms with Gasteiger partial charge in [0.15, 0.2) is 5.13 Å². The van der Waals surface area contributed by atoms with Crippen LogP contribution < -0.4 is 10.1 Å². The number of hydrogen-bond acceptors (Lipinski definition) is 6. The van der Waals surface area contributed by atoms with E-state index in [4.69, 9.17) is 16.3 Å².